The molecule has 0 aromatic heterocycles. The molecule has 3 N–H and O–H groups in total. The van der Waals surface area contributed by atoms with E-state index in [9.17, 15) is 19.5 Å². The maximum atomic E-state index is 12.5. The zero-order valence-corrected chi connectivity index (χ0v) is 19.4. The molecule has 2 aromatic carbocycles. The highest BCUT2D eigenvalue weighted by molar-refractivity contribution is 5.85. The van der Waals surface area contributed by atoms with Crippen LogP contribution in [0.25, 0.3) is 11.1 Å². The van der Waals surface area contributed by atoms with Gasteiger partial charge in [0.1, 0.15) is 12.6 Å². The van der Waals surface area contributed by atoms with Gasteiger partial charge in [-0.2, -0.15) is 0 Å². The predicted molar refractivity (Wildman–Crippen MR) is 125 cm³/mol. The molecule has 1 unspecified atom stereocenters. The number of hydrogen-bond donors (Lipinski definition) is 3. The standard InChI is InChI=1S/C25H31N3O5/c1-25(2,13-22(29)26-21(23(30)31)14-28(3)4)27-24(32)33-15-20-18-11-7-5-9-16(18)17-10-6-8-12-19(17)20/h5-12,20-21H,13-15H2,1-4H3,(H,26,29)(H,27,32)(H,30,31). The number of aliphatic carboxylic acids is 1. The molecule has 8 heteroatoms. The molecule has 1 aliphatic carbocycles. The van der Waals surface area contributed by atoms with Gasteiger partial charge < -0.3 is 25.4 Å². The van der Waals surface area contributed by atoms with E-state index >= 15 is 0 Å². The second-order valence-corrected chi connectivity index (χ2v) is 9.23. The van der Waals surface area contributed by atoms with Crippen LogP contribution in [0, 0.1) is 0 Å². The molecule has 3 rings (SSSR count). The molecule has 0 bridgehead atoms. The van der Waals surface area contributed by atoms with Gasteiger partial charge in [0.05, 0.1) is 0 Å². The van der Waals surface area contributed by atoms with Gasteiger partial charge in [-0.15, -0.1) is 0 Å². The molecule has 2 aromatic rings. The number of nitrogens with one attached hydrogen (secondary N) is 2. The number of nitrogens with zero attached hydrogens (tertiary/aromatic N) is 1. The van der Waals surface area contributed by atoms with E-state index in [2.05, 4.69) is 22.8 Å². The van der Waals surface area contributed by atoms with Crippen molar-refractivity contribution in [1.29, 1.82) is 0 Å². The predicted octanol–water partition coefficient (Wildman–Crippen LogP) is 2.82. The van der Waals surface area contributed by atoms with Crippen molar-refractivity contribution in [2.24, 2.45) is 0 Å². The summed E-state index contributed by atoms with van der Waals surface area (Å²) in [6.07, 6.45) is -0.716. The number of alkyl carbamates (subject to hydrolysis) is 1. The maximum absolute atomic E-state index is 12.5. The molecule has 0 heterocycles. The van der Waals surface area contributed by atoms with E-state index in [0.717, 1.165) is 22.3 Å². The van der Waals surface area contributed by atoms with Gasteiger partial charge in [0.2, 0.25) is 5.91 Å². The summed E-state index contributed by atoms with van der Waals surface area (Å²) < 4.78 is 5.55. The normalized spacial score (nSPS) is 13.7. The zero-order valence-electron chi connectivity index (χ0n) is 19.4. The molecular weight excluding hydrogens is 422 g/mol. The van der Waals surface area contributed by atoms with Gasteiger partial charge in [0.25, 0.3) is 0 Å². The first kappa shape index (κ1) is 24.3. The molecule has 1 aliphatic rings. The monoisotopic (exact) mass is 453 g/mol. The van der Waals surface area contributed by atoms with Gasteiger partial charge in [0.15, 0.2) is 0 Å². The number of carbonyl (C=O) groups excluding carboxylic acids is 2. The quantitative estimate of drug-likeness (QED) is 0.539. The maximum Gasteiger partial charge on any atom is 0.407 e. The van der Waals surface area contributed by atoms with Crippen LogP contribution in [-0.4, -0.2) is 66.8 Å². The van der Waals surface area contributed by atoms with Crippen molar-refractivity contribution < 1.29 is 24.2 Å². The number of rotatable bonds is 9. The number of ether oxygens (including phenoxy) is 1. The lowest BCUT2D eigenvalue weighted by Gasteiger charge is -2.27. The highest BCUT2D eigenvalue weighted by Crippen LogP contribution is 2.44. The highest BCUT2D eigenvalue weighted by Gasteiger charge is 2.31. The zero-order chi connectivity index (χ0) is 24.2. The SMILES string of the molecule is CN(C)CC(NC(=O)CC(C)(C)NC(=O)OCC1c2ccccc2-c2ccccc21)C(=O)O. The van der Waals surface area contributed by atoms with Crippen LogP contribution in [0.1, 0.15) is 37.3 Å². The second-order valence-electron chi connectivity index (χ2n) is 9.23. The smallest absolute Gasteiger partial charge is 0.407 e. The molecule has 1 atom stereocenters. The van der Waals surface area contributed by atoms with Crippen LogP contribution in [0.2, 0.25) is 0 Å². The first-order valence-electron chi connectivity index (χ1n) is 10.9. The summed E-state index contributed by atoms with van der Waals surface area (Å²) in [5, 5.41) is 14.5. The molecule has 8 nitrogen and oxygen atoms in total. The molecular formula is C25H31N3O5. The Kier molecular flexibility index (Phi) is 7.38. The number of amides is 2. The van der Waals surface area contributed by atoms with Crippen LogP contribution >= 0.6 is 0 Å². The Bertz CT molecular complexity index is 989. The van der Waals surface area contributed by atoms with E-state index in [1.54, 1.807) is 32.8 Å². The van der Waals surface area contributed by atoms with Gasteiger partial charge in [0, 0.05) is 24.4 Å². The number of carbonyl (C=O) groups is 3. The van der Waals surface area contributed by atoms with Crippen molar-refractivity contribution in [3.05, 3.63) is 59.7 Å². The number of benzene rings is 2. The third-order valence-corrected chi connectivity index (χ3v) is 5.57. The lowest BCUT2D eigenvalue weighted by atomic mass is 9.98. The van der Waals surface area contributed by atoms with Crippen LogP contribution in [0.15, 0.2) is 48.5 Å². The fourth-order valence-corrected chi connectivity index (χ4v) is 4.15. The van der Waals surface area contributed by atoms with Gasteiger partial charge in [-0.05, 0) is 50.2 Å². The van der Waals surface area contributed by atoms with Crippen LogP contribution in [-0.2, 0) is 14.3 Å². The van der Waals surface area contributed by atoms with E-state index in [4.69, 9.17) is 4.74 Å². The minimum atomic E-state index is -1.11. The summed E-state index contributed by atoms with van der Waals surface area (Å²) in [5.41, 5.74) is 3.60. The van der Waals surface area contributed by atoms with E-state index < -0.39 is 29.6 Å². The fourth-order valence-electron chi connectivity index (χ4n) is 4.15. The summed E-state index contributed by atoms with van der Waals surface area (Å²) in [4.78, 5) is 38.0. The lowest BCUT2D eigenvalue weighted by molar-refractivity contribution is -0.142. The molecule has 176 valence electrons. The molecule has 2 amide bonds. The van der Waals surface area contributed by atoms with Crippen molar-refractivity contribution >= 4 is 18.0 Å². The Labute approximate surface area is 193 Å². The Hall–Kier alpha value is -3.39. The minimum absolute atomic E-state index is 0.0584. The average molecular weight is 454 g/mol. The minimum Gasteiger partial charge on any atom is -0.480 e. The number of carboxylic acid groups (broad SMARTS) is 1. The molecule has 0 saturated heterocycles. The third-order valence-electron chi connectivity index (χ3n) is 5.57. The van der Waals surface area contributed by atoms with Gasteiger partial charge in [-0.3, -0.25) is 4.79 Å². The van der Waals surface area contributed by atoms with Crippen LogP contribution in [0.5, 0.6) is 0 Å². The molecule has 0 spiro atoms. The second kappa shape index (κ2) is 10.0. The molecule has 0 radical (unpaired) electrons. The molecule has 33 heavy (non-hydrogen) atoms. The number of likely N-dealkylation sites (N-methyl/N-ethyl adjacent to an activating group) is 1. The number of carboxylic acids is 1. The largest absolute Gasteiger partial charge is 0.480 e. The summed E-state index contributed by atoms with van der Waals surface area (Å²) in [6.45, 7) is 3.72. The molecule has 0 fully saturated rings. The fraction of sp³-hybridized carbons (Fsp3) is 0.400. The van der Waals surface area contributed by atoms with Crippen LogP contribution in [0.4, 0.5) is 4.79 Å². The Morgan fingerprint density at radius 2 is 1.58 bits per heavy atom. The van der Waals surface area contributed by atoms with Gasteiger partial charge >= 0.3 is 12.1 Å². The summed E-state index contributed by atoms with van der Waals surface area (Å²) in [6, 6.07) is 15.1. The lowest BCUT2D eigenvalue weighted by Crippen LogP contribution is -2.51. The Balaban J connectivity index is 1.57. The van der Waals surface area contributed by atoms with Crippen LogP contribution in [0.3, 0.4) is 0 Å². The first-order valence-corrected chi connectivity index (χ1v) is 10.9. The first-order chi connectivity index (χ1) is 15.6. The average Bonchev–Trinajstić information content (AvgIpc) is 3.04. The summed E-state index contributed by atoms with van der Waals surface area (Å²) >= 11 is 0. The van der Waals surface area contributed by atoms with Crippen molar-refractivity contribution in [3.63, 3.8) is 0 Å². The number of hydrogen-bond acceptors (Lipinski definition) is 5. The van der Waals surface area contributed by atoms with E-state index in [0.29, 0.717) is 0 Å². The van der Waals surface area contributed by atoms with E-state index in [-0.39, 0.29) is 25.5 Å². The Morgan fingerprint density at radius 3 is 2.09 bits per heavy atom. The van der Waals surface area contributed by atoms with Gasteiger partial charge in [-0.25, -0.2) is 9.59 Å². The van der Waals surface area contributed by atoms with Crippen LogP contribution < -0.4 is 10.6 Å². The topological polar surface area (TPSA) is 108 Å². The van der Waals surface area contributed by atoms with E-state index in [1.807, 2.05) is 36.4 Å². The molecule has 0 saturated carbocycles. The van der Waals surface area contributed by atoms with Crippen molar-refractivity contribution in [2.45, 2.75) is 37.8 Å². The Morgan fingerprint density at radius 1 is 1.03 bits per heavy atom. The highest BCUT2D eigenvalue weighted by atomic mass is 16.5. The van der Waals surface area contributed by atoms with Crippen molar-refractivity contribution in [3.8, 4) is 11.1 Å². The summed E-state index contributed by atoms with van der Waals surface area (Å²) in [5.74, 6) is -1.63. The van der Waals surface area contributed by atoms with E-state index in [1.165, 1.54) is 0 Å². The molecule has 0 aliphatic heterocycles. The summed E-state index contributed by atoms with van der Waals surface area (Å²) in [7, 11) is 3.45. The van der Waals surface area contributed by atoms with Crippen molar-refractivity contribution in [2.75, 3.05) is 27.2 Å². The third kappa shape index (κ3) is 6.10. The van der Waals surface area contributed by atoms with Gasteiger partial charge in [-0.1, -0.05) is 48.5 Å². The number of fused-ring (bicyclic) bond motifs is 3. The van der Waals surface area contributed by atoms with Crippen molar-refractivity contribution in [1.82, 2.24) is 15.5 Å².